The summed E-state index contributed by atoms with van der Waals surface area (Å²) in [6.45, 7) is 1.64. The minimum Gasteiger partial charge on any atom is -0.496 e. The van der Waals surface area contributed by atoms with Crippen LogP contribution in [0.5, 0.6) is 17.2 Å². The molecule has 8 heteroatoms. The van der Waals surface area contributed by atoms with Gasteiger partial charge in [0.25, 0.3) is 0 Å². The molecule has 1 spiro atoms. The Balaban J connectivity index is 1.69. The third-order valence-corrected chi connectivity index (χ3v) is 7.49. The number of carbonyl (C=O) groups excluding carboxylic acids is 2. The Labute approximate surface area is 202 Å². The van der Waals surface area contributed by atoms with Crippen molar-refractivity contribution in [1.82, 2.24) is 0 Å². The first-order valence-corrected chi connectivity index (χ1v) is 11.5. The number of aliphatic hydroxyl groups excluding tert-OH is 1. The molecular formula is C26H25ClO7. The highest BCUT2D eigenvalue weighted by Gasteiger charge is 2.65. The van der Waals surface area contributed by atoms with Crippen molar-refractivity contribution in [3.8, 4) is 17.2 Å². The van der Waals surface area contributed by atoms with E-state index in [2.05, 4.69) is 0 Å². The van der Waals surface area contributed by atoms with Crippen molar-refractivity contribution in [2.45, 2.75) is 37.4 Å². The molecular weight excluding hydrogens is 460 g/mol. The molecule has 2 aliphatic heterocycles. The molecule has 5 rings (SSSR count). The number of methoxy groups -OCH3 is 2. The van der Waals surface area contributed by atoms with Crippen LogP contribution in [0.2, 0.25) is 5.02 Å². The number of fused-ring (bicyclic) bond motifs is 2. The summed E-state index contributed by atoms with van der Waals surface area (Å²) in [5.74, 6) is -0.0536. The van der Waals surface area contributed by atoms with Gasteiger partial charge in [0, 0.05) is 43.4 Å². The predicted octanol–water partition coefficient (Wildman–Crippen LogP) is 4.23. The second-order valence-corrected chi connectivity index (χ2v) is 9.29. The Hall–Kier alpha value is -3.03. The van der Waals surface area contributed by atoms with Gasteiger partial charge in [-0.1, -0.05) is 48.9 Å². The van der Waals surface area contributed by atoms with Crippen molar-refractivity contribution in [3.63, 3.8) is 0 Å². The highest BCUT2D eigenvalue weighted by molar-refractivity contribution is 6.35. The zero-order chi connectivity index (χ0) is 24.3. The van der Waals surface area contributed by atoms with E-state index < -0.39 is 17.1 Å². The van der Waals surface area contributed by atoms with Gasteiger partial charge in [-0.25, -0.2) is 0 Å². The number of hydrogen-bond donors (Lipinski definition) is 1. The SMILES string of the molecule is COc1cc(OC)c2c(c1Cl)O[C@]1(C2=O)C2=C(C[C@](CCO)(c3ccccc3)O2)C(=O)C[C@H]1C. The van der Waals surface area contributed by atoms with Crippen molar-refractivity contribution in [2.24, 2.45) is 5.92 Å². The fourth-order valence-electron chi connectivity index (χ4n) is 5.40. The summed E-state index contributed by atoms with van der Waals surface area (Å²) in [5.41, 5.74) is -1.13. The first-order valence-electron chi connectivity index (χ1n) is 11.1. The molecule has 0 bridgehead atoms. The number of carbonyl (C=O) groups is 2. The predicted molar refractivity (Wildman–Crippen MR) is 124 cm³/mol. The number of benzene rings is 2. The normalized spacial score (nSPS) is 27.4. The van der Waals surface area contributed by atoms with Gasteiger partial charge in [-0.3, -0.25) is 9.59 Å². The van der Waals surface area contributed by atoms with E-state index in [1.54, 1.807) is 13.0 Å². The number of halogens is 1. The molecule has 2 aromatic carbocycles. The Bertz CT molecular complexity index is 1220. The van der Waals surface area contributed by atoms with Crippen LogP contribution in [0.3, 0.4) is 0 Å². The van der Waals surface area contributed by atoms with E-state index in [1.165, 1.54) is 14.2 Å². The van der Waals surface area contributed by atoms with Crippen LogP contribution < -0.4 is 14.2 Å². The summed E-state index contributed by atoms with van der Waals surface area (Å²) in [5, 5.41) is 10.0. The zero-order valence-corrected chi connectivity index (χ0v) is 19.9. The fraction of sp³-hybridized carbons (Fsp3) is 0.385. The summed E-state index contributed by atoms with van der Waals surface area (Å²) in [4.78, 5) is 27.3. The minimum atomic E-state index is -1.57. The third-order valence-electron chi connectivity index (χ3n) is 7.13. The highest BCUT2D eigenvalue weighted by atomic mass is 35.5. The maximum Gasteiger partial charge on any atom is 0.231 e. The van der Waals surface area contributed by atoms with E-state index in [0.29, 0.717) is 11.3 Å². The fourth-order valence-corrected chi connectivity index (χ4v) is 5.66. The molecule has 0 unspecified atom stereocenters. The van der Waals surface area contributed by atoms with Gasteiger partial charge in [0.15, 0.2) is 17.3 Å². The van der Waals surface area contributed by atoms with E-state index in [0.717, 1.165) is 5.56 Å². The first kappa shape index (κ1) is 22.7. The molecule has 1 aliphatic carbocycles. The summed E-state index contributed by atoms with van der Waals surface area (Å²) < 4.78 is 23.8. The molecule has 34 heavy (non-hydrogen) atoms. The Morgan fingerprint density at radius 1 is 1.12 bits per heavy atom. The lowest BCUT2D eigenvalue weighted by Crippen LogP contribution is -2.52. The Kier molecular flexibility index (Phi) is 5.37. The molecule has 0 saturated heterocycles. The lowest BCUT2D eigenvalue weighted by molar-refractivity contribution is -0.119. The van der Waals surface area contributed by atoms with Gasteiger partial charge >= 0.3 is 0 Å². The third kappa shape index (κ3) is 2.93. The molecule has 3 atom stereocenters. The molecule has 0 saturated carbocycles. The number of ether oxygens (including phenoxy) is 4. The largest absolute Gasteiger partial charge is 0.496 e. The Morgan fingerprint density at radius 2 is 1.82 bits per heavy atom. The van der Waals surface area contributed by atoms with Gasteiger partial charge in [-0.15, -0.1) is 0 Å². The lowest BCUT2D eigenvalue weighted by atomic mass is 9.72. The summed E-state index contributed by atoms with van der Waals surface area (Å²) >= 11 is 6.56. The van der Waals surface area contributed by atoms with Gasteiger partial charge in [0.1, 0.15) is 27.7 Å². The van der Waals surface area contributed by atoms with Crippen molar-refractivity contribution < 1.29 is 33.6 Å². The molecule has 0 amide bonds. The van der Waals surface area contributed by atoms with E-state index in [9.17, 15) is 14.7 Å². The van der Waals surface area contributed by atoms with Crippen LogP contribution in [0.4, 0.5) is 0 Å². The molecule has 0 radical (unpaired) electrons. The number of ketones is 2. The molecule has 2 heterocycles. The van der Waals surface area contributed by atoms with E-state index in [-0.39, 0.29) is 65.3 Å². The van der Waals surface area contributed by atoms with Crippen LogP contribution >= 0.6 is 11.6 Å². The van der Waals surface area contributed by atoms with Crippen molar-refractivity contribution >= 4 is 23.2 Å². The molecule has 0 fully saturated rings. The average molecular weight is 485 g/mol. The average Bonchev–Trinajstić information content (AvgIpc) is 3.38. The Morgan fingerprint density at radius 3 is 2.47 bits per heavy atom. The number of Topliss-reactive ketones (excluding diaryl/α,β-unsaturated/α-hetero) is 2. The second kappa shape index (κ2) is 8.03. The minimum absolute atomic E-state index is 0.0909. The highest BCUT2D eigenvalue weighted by Crippen LogP contribution is 2.59. The molecule has 0 aromatic heterocycles. The van der Waals surface area contributed by atoms with Crippen molar-refractivity contribution in [2.75, 3.05) is 20.8 Å². The molecule has 7 nitrogen and oxygen atoms in total. The topological polar surface area (TPSA) is 91.3 Å². The number of aliphatic hydroxyl groups is 1. The van der Waals surface area contributed by atoms with Gasteiger partial charge in [-0.05, 0) is 5.56 Å². The van der Waals surface area contributed by atoms with Crippen LogP contribution in [-0.2, 0) is 15.1 Å². The quantitative estimate of drug-likeness (QED) is 0.679. The molecule has 3 aliphatic rings. The zero-order valence-electron chi connectivity index (χ0n) is 19.1. The van der Waals surface area contributed by atoms with Crippen molar-refractivity contribution in [1.29, 1.82) is 0 Å². The lowest BCUT2D eigenvalue weighted by Gasteiger charge is -2.38. The van der Waals surface area contributed by atoms with Crippen molar-refractivity contribution in [3.05, 3.63) is 63.9 Å². The van der Waals surface area contributed by atoms with Crippen LogP contribution in [0.25, 0.3) is 0 Å². The van der Waals surface area contributed by atoms with Crippen LogP contribution in [0.15, 0.2) is 47.7 Å². The van der Waals surface area contributed by atoms with E-state index in [4.69, 9.17) is 30.5 Å². The van der Waals surface area contributed by atoms with E-state index >= 15 is 0 Å². The smallest absolute Gasteiger partial charge is 0.231 e. The van der Waals surface area contributed by atoms with Gasteiger partial charge in [0.05, 0.1) is 14.2 Å². The van der Waals surface area contributed by atoms with Crippen LogP contribution in [0.1, 0.15) is 42.1 Å². The first-order chi connectivity index (χ1) is 16.3. The maximum atomic E-state index is 14.1. The van der Waals surface area contributed by atoms with Gasteiger partial charge in [-0.2, -0.15) is 0 Å². The monoisotopic (exact) mass is 484 g/mol. The van der Waals surface area contributed by atoms with Gasteiger partial charge < -0.3 is 24.1 Å². The van der Waals surface area contributed by atoms with Crippen LogP contribution in [-0.4, -0.2) is 43.1 Å². The molecule has 178 valence electrons. The van der Waals surface area contributed by atoms with E-state index in [1.807, 2.05) is 30.3 Å². The van der Waals surface area contributed by atoms with Crippen LogP contribution in [0, 0.1) is 5.92 Å². The number of rotatable bonds is 5. The second-order valence-electron chi connectivity index (χ2n) is 8.91. The summed E-state index contributed by atoms with van der Waals surface area (Å²) in [6.07, 6.45) is 0.602. The van der Waals surface area contributed by atoms with Gasteiger partial charge in [0.2, 0.25) is 11.4 Å². The molecule has 1 N–H and O–H groups in total. The standard InChI is InChI=1S/C26H25ClO7/c1-14-11-17(29)16-13-25(9-10-28,15-7-5-4-6-8-15)34-24(16)26(14)23(30)20-18(31-2)12-19(32-3)21(27)22(20)33-26/h4-8,12,14,28H,9-11,13H2,1-3H3/t14-,25-,26-/m1/s1. The maximum absolute atomic E-state index is 14.1. The summed E-state index contributed by atoms with van der Waals surface area (Å²) in [6, 6.07) is 11.0. The molecule has 2 aromatic rings. The number of hydrogen-bond acceptors (Lipinski definition) is 7. The summed E-state index contributed by atoms with van der Waals surface area (Å²) in [7, 11) is 2.92.